The fourth-order valence-electron chi connectivity index (χ4n) is 9.47. The fraction of sp³-hybridized carbons (Fsp3) is 0.0189. The molecule has 1 nitrogen and oxygen atoms in total. The van der Waals surface area contributed by atoms with Crippen molar-refractivity contribution in [2.75, 3.05) is 4.90 Å². The van der Waals surface area contributed by atoms with E-state index in [0.29, 0.717) is 0 Å². The van der Waals surface area contributed by atoms with Gasteiger partial charge in [0.1, 0.15) is 0 Å². The van der Waals surface area contributed by atoms with Crippen molar-refractivity contribution in [1.29, 1.82) is 0 Å². The number of fused-ring (bicyclic) bond motifs is 11. The molecule has 0 saturated heterocycles. The van der Waals surface area contributed by atoms with E-state index in [1.165, 1.54) is 77.5 Å². The third kappa shape index (κ3) is 4.39. The van der Waals surface area contributed by atoms with Crippen LogP contribution in [0.2, 0.25) is 0 Å². The molecule has 9 aromatic rings. The van der Waals surface area contributed by atoms with Crippen molar-refractivity contribution >= 4 is 27.8 Å². The first-order chi connectivity index (χ1) is 26.8. The van der Waals surface area contributed by atoms with Crippen LogP contribution in [0.25, 0.3) is 55.3 Å². The molecule has 0 aliphatic heterocycles. The van der Waals surface area contributed by atoms with Crippen LogP contribution in [-0.2, 0) is 5.41 Å². The maximum Gasteiger partial charge on any atom is 0.0725 e. The van der Waals surface area contributed by atoms with Crippen LogP contribution in [0, 0.1) is 0 Å². The van der Waals surface area contributed by atoms with Gasteiger partial charge in [-0.2, -0.15) is 0 Å². The molecular formula is C53H35N. The lowest BCUT2D eigenvalue weighted by atomic mass is 9.70. The summed E-state index contributed by atoms with van der Waals surface area (Å²) in [5.41, 5.74) is 18.6. The zero-order valence-corrected chi connectivity index (χ0v) is 29.7. The molecule has 0 bridgehead atoms. The van der Waals surface area contributed by atoms with Crippen LogP contribution in [0.4, 0.5) is 17.1 Å². The maximum atomic E-state index is 2.42. The van der Waals surface area contributed by atoms with Crippen LogP contribution < -0.4 is 4.90 Å². The number of hydrogen-bond donors (Lipinski definition) is 0. The molecule has 2 aliphatic carbocycles. The first kappa shape index (κ1) is 30.6. The predicted molar refractivity (Wildman–Crippen MR) is 226 cm³/mol. The smallest absolute Gasteiger partial charge is 0.0725 e. The van der Waals surface area contributed by atoms with Gasteiger partial charge in [-0.3, -0.25) is 0 Å². The fourth-order valence-corrected chi connectivity index (χ4v) is 9.47. The minimum atomic E-state index is -0.355. The van der Waals surface area contributed by atoms with E-state index in [1.54, 1.807) is 0 Å². The molecular weight excluding hydrogens is 651 g/mol. The SMILES string of the molecule is c1ccc(-c2ccc3ccccc3c2-c2ccc(N(c3ccccc3)c3ccc4c(c3)-c3ccccc3C43c4ccccc4-c4ccccc43)cc2)cc1. The zero-order chi connectivity index (χ0) is 35.6. The summed E-state index contributed by atoms with van der Waals surface area (Å²) in [6, 6.07) is 78.1. The van der Waals surface area contributed by atoms with Crippen molar-refractivity contribution in [2.24, 2.45) is 0 Å². The van der Waals surface area contributed by atoms with E-state index >= 15 is 0 Å². The van der Waals surface area contributed by atoms with E-state index in [1.807, 2.05) is 0 Å². The second kappa shape index (κ2) is 12.0. The average molecular weight is 686 g/mol. The Hall–Kier alpha value is -6.96. The van der Waals surface area contributed by atoms with Crippen LogP contribution >= 0.6 is 0 Å². The van der Waals surface area contributed by atoms with Gasteiger partial charge in [-0.05, 0) is 114 Å². The number of benzene rings is 9. The molecule has 0 fully saturated rings. The Morgan fingerprint density at radius 1 is 0.296 bits per heavy atom. The first-order valence-electron chi connectivity index (χ1n) is 18.8. The van der Waals surface area contributed by atoms with Crippen molar-refractivity contribution in [3.05, 3.63) is 235 Å². The highest BCUT2D eigenvalue weighted by molar-refractivity contribution is 6.04. The summed E-state index contributed by atoms with van der Waals surface area (Å²) in [6.07, 6.45) is 0. The summed E-state index contributed by atoms with van der Waals surface area (Å²) in [4.78, 5) is 2.40. The highest BCUT2D eigenvalue weighted by Gasteiger charge is 2.51. The molecule has 0 atom stereocenters. The molecule has 252 valence electrons. The van der Waals surface area contributed by atoms with E-state index < -0.39 is 0 Å². The Bertz CT molecular complexity index is 2820. The Kier molecular flexibility index (Phi) is 6.84. The second-order valence-corrected chi connectivity index (χ2v) is 14.4. The number of para-hydroxylation sites is 1. The van der Waals surface area contributed by atoms with Gasteiger partial charge >= 0.3 is 0 Å². The molecule has 0 aromatic heterocycles. The van der Waals surface area contributed by atoms with Crippen molar-refractivity contribution in [2.45, 2.75) is 5.41 Å². The van der Waals surface area contributed by atoms with Crippen molar-refractivity contribution in [3.8, 4) is 44.5 Å². The van der Waals surface area contributed by atoms with Crippen LogP contribution in [-0.4, -0.2) is 0 Å². The van der Waals surface area contributed by atoms with Crippen LogP contribution in [0.5, 0.6) is 0 Å². The third-order valence-corrected chi connectivity index (χ3v) is 11.7. The number of rotatable bonds is 5. The lowest BCUT2D eigenvalue weighted by Gasteiger charge is -2.31. The molecule has 2 aliphatic rings. The Balaban J connectivity index is 1.09. The van der Waals surface area contributed by atoms with Crippen LogP contribution in [0.15, 0.2) is 212 Å². The Morgan fingerprint density at radius 3 is 1.46 bits per heavy atom. The normalized spacial score (nSPS) is 13.0. The summed E-state index contributed by atoms with van der Waals surface area (Å²) >= 11 is 0. The molecule has 11 rings (SSSR count). The van der Waals surface area contributed by atoms with Gasteiger partial charge in [-0.15, -0.1) is 0 Å². The molecule has 1 heteroatoms. The topological polar surface area (TPSA) is 3.24 Å². The number of hydrogen-bond acceptors (Lipinski definition) is 1. The van der Waals surface area contributed by atoms with Gasteiger partial charge in [0.2, 0.25) is 0 Å². The molecule has 54 heavy (non-hydrogen) atoms. The van der Waals surface area contributed by atoms with Crippen molar-refractivity contribution in [3.63, 3.8) is 0 Å². The second-order valence-electron chi connectivity index (χ2n) is 14.4. The van der Waals surface area contributed by atoms with Crippen LogP contribution in [0.3, 0.4) is 0 Å². The van der Waals surface area contributed by atoms with E-state index in [4.69, 9.17) is 0 Å². The highest BCUT2D eigenvalue weighted by Crippen LogP contribution is 2.63. The predicted octanol–water partition coefficient (Wildman–Crippen LogP) is 14.0. The van der Waals surface area contributed by atoms with Gasteiger partial charge in [-0.1, -0.05) is 176 Å². The highest BCUT2D eigenvalue weighted by atomic mass is 15.1. The number of nitrogens with zero attached hydrogens (tertiary/aromatic N) is 1. The summed E-state index contributed by atoms with van der Waals surface area (Å²) < 4.78 is 0. The number of anilines is 3. The monoisotopic (exact) mass is 685 g/mol. The van der Waals surface area contributed by atoms with Gasteiger partial charge in [0.25, 0.3) is 0 Å². The van der Waals surface area contributed by atoms with E-state index in [0.717, 1.165) is 17.1 Å². The Morgan fingerprint density at radius 2 is 0.796 bits per heavy atom. The third-order valence-electron chi connectivity index (χ3n) is 11.7. The molecule has 0 radical (unpaired) electrons. The van der Waals surface area contributed by atoms with E-state index in [2.05, 4.69) is 217 Å². The first-order valence-corrected chi connectivity index (χ1v) is 18.8. The minimum Gasteiger partial charge on any atom is -0.310 e. The van der Waals surface area contributed by atoms with Crippen molar-refractivity contribution < 1.29 is 0 Å². The average Bonchev–Trinajstić information content (AvgIpc) is 3.71. The van der Waals surface area contributed by atoms with Gasteiger partial charge in [0.15, 0.2) is 0 Å². The van der Waals surface area contributed by atoms with Gasteiger partial charge in [0, 0.05) is 17.1 Å². The standard InChI is InChI=1S/C53H35N/c1-3-15-36(16-4-1)43-33-29-37-17-7-8-20-42(37)52(43)38-27-30-40(31-28-38)54(39-18-5-2-6-19-39)41-32-34-51-47(35-41)46-23-11-14-26-50(46)53(51)48-24-12-9-21-44(48)45-22-10-13-25-49(45)53/h1-35H. The Labute approximate surface area is 316 Å². The molecule has 0 saturated carbocycles. The molecule has 9 aromatic carbocycles. The lowest BCUT2D eigenvalue weighted by molar-refractivity contribution is 0.794. The molecule has 0 N–H and O–H groups in total. The summed E-state index contributed by atoms with van der Waals surface area (Å²) in [6.45, 7) is 0. The lowest BCUT2D eigenvalue weighted by Crippen LogP contribution is -2.25. The largest absolute Gasteiger partial charge is 0.310 e. The molecule has 1 spiro atoms. The molecule has 0 unspecified atom stereocenters. The molecule has 0 heterocycles. The van der Waals surface area contributed by atoms with Crippen LogP contribution in [0.1, 0.15) is 22.3 Å². The summed E-state index contributed by atoms with van der Waals surface area (Å²) in [7, 11) is 0. The molecule has 0 amide bonds. The summed E-state index contributed by atoms with van der Waals surface area (Å²) in [5, 5.41) is 2.50. The van der Waals surface area contributed by atoms with Gasteiger partial charge in [0.05, 0.1) is 5.41 Å². The van der Waals surface area contributed by atoms with E-state index in [9.17, 15) is 0 Å². The zero-order valence-electron chi connectivity index (χ0n) is 29.7. The minimum absolute atomic E-state index is 0.355. The summed E-state index contributed by atoms with van der Waals surface area (Å²) in [5.74, 6) is 0. The van der Waals surface area contributed by atoms with Crippen molar-refractivity contribution in [1.82, 2.24) is 0 Å². The quantitative estimate of drug-likeness (QED) is 0.174. The van der Waals surface area contributed by atoms with Gasteiger partial charge < -0.3 is 4.90 Å². The van der Waals surface area contributed by atoms with E-state index in [-0.39, 0.29) is 5.41 Å². The maximum absolute atomic E-state index is 2.42. The van der Waals surface area contributed by atoms with Gasteiger partial charge in [-0.25, -0.2) is 0 Å².